The lowest BCUT2D eigenvalue weighted by molar-refractivity contribution is -0.142. The van der Waals surface area contributed by atoms with Crippen LogP contribution in [-0.4, -0.2) is 30.3 Å². The summed E-state index contributed by atoms with van der Waals surface area (Å²) in [7, 11) is 0. The van der Waals surface area contributed by atoms with Crippen LogP contribution in [0.25, 0.3) is 0 Å². The van der Waals surface area contributed by atoms with Crippen molar-refractivity contribution >= 4 is 5.97 Å². The van der Waals surface area contributed by atoms with Gasteiger partial charge in [-0.15, -0.1) is 0 Å². The molecule has 2 rings (SSSR count). The van der Waals surface area contributed by atoms with Crippen LogP contribution in [0, 0.1) is 11.7 Å². The molecule has 1 fully saturated rings. The summed E-state index contributed by atoms with van der Waals surface area (Å²) in [5, 5.41) is 12.4. The van der Waals surface area contributed by atoms with Crippen molar-refractivity contribution in [3.05, 3.63) is 30.1 Å². The minimum atomic E-state index is -0.666. The van der Waals surface area contributed by atoms with Gasteiger partial charge in [0.15, 0.2) is 0 Å². The Bertz CT molecular complexity index is 441. The van der Waals surface area contributed by atoms with Crippen molar-refractivity contribution in [2.24, 2.45) is 5.92 Å². The number of carboxylic acids is 1. The van der Waals surface area contributed by atoms with E-state index in [1.54, 1.807) is 12.1 Å². The summed E-state index contributed by atoms with van der Waals surface area (Å²) < 4.78 is 18.2. The number of rotatable bonds is 7. The highest BCUT2D eigenvalue weighted by molar-refractivity contribution is 5.70. The SMILES string of the molecule is O=C(O)C1CCC(NCCCOc2ccc(F)cc2)CC1. The van der Waals surface area contributed by atoms with E-state index in [4.69, 9.17) is 9.84 Å². The first kappa shape index (κ1) is 15.8. The van der Waals surface area contributed by atoms with Gasteiger partial charge in [-0.2, -0.15) is 0 Å². The molecule has 2 N–H and O–H groups in total. The molecule has 1 aliphatic carbocycles. The number of carboxylic acid groups (broad SMARTS) is 1. The second kappa shape index (κ2) is 7.98. The van der Waals surface area contributed by atoms with Crippen LogP contribution in [0.1, 0.15) is 32.1 Å². The zero-order valence-corrected chi connectivity index (χ0v) is 12.1. The Balaban J connectivity index is 1.54. The van der Waals surface area contributed by atoms with Crippen molar-refractivity contribution in [3.8, 4) is 5.75 Å². The first-order valence-electron chi connectivity index (χ1n) is 7.49. The van der Waals surface area contributed by atoms with E-state index in [0.29, 0.717) is 18.4 Å². The van der Waals surface area contributed by atoms with Gasteiger partial charge in [-0.05, 0) is 62.9 Å². The van der Waals surface area contributed by atoms with Crippen molar-refractivity contribution in [3.63, 3.8) is 0 Å². The molecule has 1 saturated carbocycles. The monoisotopic (exact) mass is 295 g/mol. The van der Waals surface area contributed by atoms with E-state index in [2.05, 4.69) is 5.32 Å². The zero-order chi connectivity index (χ0) is 15.1. The molecule has 1 aliphatic rings. The van der Waals surface area contributed by atoms with Gasteiger partial charge in [0.05, 0.1) is 12.5 Å². The molecule has 0 atom stereocenters. The number of carbonyl (C=O) groups is 1. The van der Waals surface area contributed by atoms with Gasteiger partial charge < -0.3 is 15.2 Å². The zero-order valence-electron chi connectivity index (χ0n) is 12.1. The first-order chi connectivity index (χ1) is 10.1. The number of nitrogens with one attached hydrogen (secondary N) is 1. The van der Waals surface area contributed by atoms with E-state index in [9.17, 15) is 9.18 Å². The Morgan fingerprint density at radius 2 is 1.90 bits per heavy atom. The van der Waals surface area contributed by atoms with Crippen LogP contribution in [0.15, 0.2) is 24.3 Å². The molecule has 4 nitrogen and oxygen atoms in total. The molecular formula is C16H22FNO3. The number of hydrogen-bond donors (Lipinski definition) is 2. The molecule has 5 heteroatoms. The third-order valence-electron chi connectivity index (χ3n) is 3.91. The molecule has 0 heterocycles. The molecule has 0 aliphatic heterocycles. The highest BCUT2D eigenvalue weighted by Gasteiger charge is 2.25. The van der Waals surface area contributed by atoms with Crippen LogP contribution in [-0.2, 0) is 4.79 Å². The largest absolute Gasteiger partial charge is 0.494 e. The fourth-order valence-corrected chi connectivity index (χ4v) is 2.64. The first-order valence-corrected chi connectivity index (χ1v) is 7.49. The van der Waals surface area contributed by atoms with E-state index in [0.717, 1.165) is 38.6 Å². The Morgan fingerprint density at radius 3 is 2.52 bits per heavy atom. The number of halogens is 1. The Hall–Kier alpha value is -1.62. The molecule has 0 radical (unpaired) electrons. The minimum absolute atomic E-state index is 0.162. The van der Waals surface area contributed by atoms with E-state index in [1.165, 1.54) is 12.1 Å². The lowest BCUT2D eigenvalue weighted by Gasteiger charge is -2.26. The van der Waals surface area contributed by atoms with E-state index in [1.807, 2.05) is 0 Å². The van der Waals surface area contributed by atoms with Crippen molar-refractivity contribution in [1.29, 1.82) is 0 Å². The summed E-state index contributed by atoms with van der Waals surface area (Å²) in [4.78, 5) is 10.9. The molecule has 0 aromatic heterocycles. The van der Waals surface area contributed by atoms with Crippen molar-refractivity contribution in [2.45, 2.75) is 38.1 Å². The molecular weight excluding hydrogens is 273 g/mol. The van der Waals surface area contributed by atoms with Gasteiger partial charge >= 0.3 is 5.97 Å². The summed E-state index contributed by atoms with van der Waals surface area (Å²) >= 11 is 0. The molecule has 116 valence electrons. The summed E-state index contributed by atoms with van der Waals surface area (Å²) in [5.41, 5.74) is 0. The predicted molar refractivity (Wildman–Crippen MR) is 77.9 cm³/mol. The third kappa shape index (κ3) is 5.34. The van der Waals surface area contributed by atoms with Gasteiger partial charge in [0.2, 0.25) is 0 Å². The van der Waals surface area contributed by atoms with Gasteiger partial charge in [-0.25, -0.2) is 4.39 Å². The molecule has 0 bridgehead atoms. The van der Waals surface area contributed by atoms with Crippen LogP contribution in [0.2, 0.25) is 0 Å². The summed E-state index contributed by atoms with van der Waals surface area (Å²) in [5.74, 6) is -0.412. The van der Waals surface area contributed by atoms with Crippen LogP contribution in [0.5, 0.6) is 5.75 Å². The van der Waals surface area contributed by atoms with Gasteiger partial charge in [0, 0.05) is 6.04 Å². The number of hydrogen-bond acceptors (Lipinski definition) is 3. The van der Waals surface area contributed by atoms with Gasteiger partial charge in [0.25, 0.3) is 0 Å². The highest BCUT2D eigenvalue weighted by atomic mass is 19.1. The third-order valence-corrected chi connectivity index (χ3v) is 3.91. The summed E-state index contributed by atoms with van der Waals surface area (Å²) in [6, 6.07) is 6.43. The fraction of sp³-hybridized carbons (Fsp3) is 0.562. The molecule has 1 aromatic rings. The van der Waals surface area contributed by atoms with Crippen LogP contribution < -0.4 is 10.1 Å². The van der Waals surface area contributed by atoms with Crippen LogP contribution >= 0.6 is 0 Å². The second-order valence-corrected chi connectivity index (χ2v) is 5.50. The van der Waals surface area contributed by atoms with Crippen molar-refractivity contribution in [1.82, 2.24) is 5.32 Å². The number of aliphatic carboxylic acids is 1. The normalized spacial score (nSPS) is 22.0. The average Bonchev–Trinajstić information content (AvgIpc) is 2.49. The lowest BCUT2D eigenvalue weighted by Crippen LogP contribution is -2.35. The average molecular weight is 295 g/mol. The lowest BCUT2D eigenvalue weighted by atomic mass is 9.86. The topological polar surface area (TPSA) is 58.6 Å². The molecule has 0 unspecified atom stereocenters. The summed E-state index contributed by atoms with van der Waals surface area (Å²) in [6.07, 6.45) is 4.25. The van der Waals surface area contributed by atoms with E-state index >= 15 is 0 Å². The van der Waals surface area contributed by atoms with Crippen LogP contribution in [0.4, 0.5) is 4.39 Å². The molecule has 0 saturated heterocycles. The standard InChI is InChI=1S/C16H22FNO3/c17-13-4-8-15(9-5-13)21-11-1-10-18-14-6-2-12(3-7-14)16(19)20/h4-5,8-9,12,14,18H,1-3,6-7,10-11H2,(H,19,20). The molecule has 21 heavy (non-hydrogen) atoms. The number of ether oxygens (including phenoxy) is 1. The predicted octanol–water partition coefficient (Wildman–Crippen LogP) is 2.83. The number of benzene rings is 1. The molecule has 1 aromatic carbocycles. The Morgan fingerprint density at radius 1 is 1.24 bits per heavy atom. The van der Waals surface area contributed by atoms with Crippen molar-refractivity contribution in [2.75, 3.05) is 13.2 Å². The second-order valence-electron chi connectivity index (χ2n) is 5.50. The van der Waals surface area contributed by atoms with Gasteiger partial charge in [0.1, 0.15) is 11.6 Å². The molecule has 0 amide bonds. The quantitative estimate of drug-likeness (QED) is 0.759. The maximum absolute atomic E-state index is 12.7. The van der Waals surface area contributed by atoms with E-state index < -0.39 is 5.97 Å². The van der Waals surface area contributed by atoms with Gasteiger partial charge in [-0.1, -0.05) is 0 Å². The van der Waals surface area contributed by atoms with Gasteiger partial charge in [-0.3, -0.25) is 4.79 Å². The Labute approximate surface area is 124 Å². The Kier molecular flexibility index (Phi) is 5.99. The minimum Gasteiger partial charge on any atom is -0.494 e. The highest BCUT2D eigenvalue weighted by Crippen LogP contribution is 2.24. The smallest absolute Gasteiger partial charge is 0.306 e. The maximum atomic E-state index is 12.7. The fourth-order valence-electron chi connectivity index (χ4n) is 2.64. The molecule has 0 spiro atoms. The van der Waals surface area contributed by atoms with Crippen molar-refractivity contribution < 1.29 is 19.0 Å². The maximum Gasteiger partial charge on any atom is 0.306 e. The van der Waals surface area contributed by atoms with E-state index in [-0.39, 0.29) is 11.7 Å². The summed E-state index contributed by atoms with van der Waals surface area (Å²) in [6.45, 7) is 1.44. The van der Waals surface area contributed by atoms with Crippen LogP contribution in [0.3, 0.4) is 0 Å².